The van der Waals surface area contributed by atoms with E-state index in [1.54, 1.807) is 7.05 Å². The number of hydrazine groups is 1. The standard InChI is InChI=1S/C11H24N6O/c1-15-6-4-5-9(7-15)16(2)8-10(18)14-11(12)17(3)13/h9H,4-8,13H2,1-3H3,(H2,12,14,18). The predicted molar refractivity (Wildman–Crippen MR) is 71.7 cm³/mol. The molecule has 1 heterocycles. The molecule has 18 heavy (non-hydrogen) atoms. The zero-order valence-corrected chi connectivity index (χ0v) is 11.5. The van der Waals surface area contributed by atoms with E-state index in [-0.39, 0.29) is 18.4 Å². The molecule has 1 aliphatic rings. The van der Waals surface area contributed by atoms with Crippen molar-refractivity contribution in [3.63, 3.8) is 0 Å². The van der Waals surface area contributed by atoms with Crippen molar-refractivity contribution in [3.05, 3.63) is 0 Å². The van der Waals surface area contributed by atoms with Gasteiger partial charge in [-0.25, -0.2) is 5.84 Å². The Bertz CT molecular complexity index is 317. The molecular weight excluding hydrogens is 232 g/mol. The molecule has 0 saturated carbocycles. The molecule has 0 aromatic carbocycles. The van der Waals surface area contributed by atoms with Crippen molar-refractivity contribution >= 4 is 11.9 Å². The number of hydrogen-bond donors (Lipinski definition) is 2. The summed E-state index contributed by atoms with van der Waals surface area (Å²) >= 11 is 0. The third-order valence-electron chi connectivity index (χ3n) is 3.21. The quantitative estimate of drug-likeness (QED) is 0.281. The number of rotatable bonds is 3. The second-order valence-corrected chi connectivity index (χ2v) is 4.95. The first-order chi connectivity index (χ1) is 8.40. The lowest BCUT2D eigenvalue weighted by atomic mass is 10.1. The monoisotopic (exact) mass is 256 g/mol. The molecular formula is C11H24N6O. The van der Waals surface area contributed by atoms with Crippen LogP contribution in [0.2, 0.25) is 0 Å². The third kappa shape index (κ3) is 4.59. The highest BCUT2D eigenvalue weighted by Gasteiger charge is 2.22. The van der Waals surface area contributed by atoms with Crippen LogP contribution in [-0.4, -0.2) is 73.5 Å². The molecule has 1 amide bonds. The molecule has 1 unspecified atom stereocenters. The molecule has 1 aliphatic heterocycles. The normalized spacial score (nSPS) is 22.3. The summed E-state index contributed by atoms with van der Waals surface area (Å²) < 4.78 is 0. The number of amides is 1. The number of likely N-dealkylation sites (N-methyl/N-ethyl adjacent to an activating group) is 2. The SMILES string of the molecule is CN1CCCC(N(C)CC(=O)N=C(N)N(C)N)C1. The Morgan fingerprint density at radius 1 is 1.50 bits per heavy atom. The number of carbonyl (C=O) groups is 1. The second kappa shape index (κ2) is 6.67. The minimum Gasteiger partial charge on any atom is -0.368 e. The van der Waals surface area contributed by atoms with E-state index in [9.17, 15) is 4.79 Å². The van der Waals surface area contributed by atoms with Crippen molar-refractivity contribution in [2.45, 2.75) is 18.9 Å². The van der Waals surface area contributed by atoms with Crippen LogP contribution in [0.25, 0.3) is 0 Å². The van der Waals surface area contributed by atoms with E-state index in [1.807, 2.05) is 11.9 Å². The van der Waals surface area contributed by atoms with Gasteiger partial charge >= 0.3 is 0 Å². The average molecular weight is 256 g/mol. The Kier molecular flexibility index (Phi) is 5.52. The number of nitrogens with two attached hydrogens (primary N) is 2. The molecule has 4 N–H and O–H groups in total. The summed E-state index contributed by atoms with van der Waals surface area (Å²) in [4.78, 5) is 19.7. The highest BCUT2D eigenvalue weighted by atomic mass is 16.1. The van der Waals surface area contributed by atoms with Crippen LogP contribution in [0.1, 0.15) is 12.8 Å². The number of likely N-dealkylation sites (tertiary alicyclic amines) is 1. The summed E-state index contributed by atoms with van der Waals surface area (Å²) in [6.07, 6.45) is 2.28. The first kappa shape index (κ1) is 14.9. The Hall–Kier alpha value is -1.18. The van der Waals surface area contributed by atoms with Crippen molar-refractivity contribution in [1.82, 2.24) is 14.8 Å². The van der Waals surface area contributed by atoms with Crippen molar-refractivity contribution in [3.8, 4) is 0 Å². The van der Waals surface area contributed by atoms with Crippen molar-refractivity contribution < 1.29 is 4.79 Å². The fourth-order valence-electron chi connectivity index (χ4n) is 2.08. The van der Waals surface area contributed by atoms with Crippen LogP contribution < -0.4 is 11.6 Å². The lowest BCUT2D eigenvalue weighted by Gasteiger charge is -2.35. The number of nitrogens with zero attached hydrogens (tertiary/aromatic N) is 4. The molecule has 1 atom stereocenters. The van der Waals surface area contributed by atoms with Crippen LogP contribution in [0.5, 0.6) is 0 Å². The van der Waals surface area contributed by atoms with Gasteiger partial charge in [0.1, 0.15) is 0 Å². The van der Waals surface area contributed by atoms with E-state index < -0.39 is 0 Å². The van der Waals surface area contributed by atoms with Gasteiger partial charge in [0.25, 0.3) is 5.91 Å². The summed E-state index contributed by atoms with van der Waals surface area (Å²) in [7, 11) is 5.59. The van der Waals surface area contributed by atoms with Crippen LogP contribution in [-0.2, 0) is 4.79 Å². The van der Waals surface area contributed by atoms with E-state index in [1.165, 1.54) is 0 Å². The van der Waals surface area contributed by atoms with Crippen molar-refractivity contribution in [2.24, 2.45) is 16.6 Å². The van der Waals surface area contributed by atoms with E-state index in [4.69, 9.17) is 11.6 Å². The van der Waals surface area contributed by atoms with Crippen LogP contribution >= 0.6 is 0 Å². The summed E-state index contributed by atoms with van der Waals surface area (Å²) in [5.74, 6) is 5.15. The Labute approximate surface area is 108 Å². The number of piperidine rings is 1. The average Bonchev–Trinajstić information content (AvgIpc) is 2.28. The molecule has 0 aliphatic carbocycles. The van der Waals surface area contributed by atoms with E-state index in [0.717, 1.165) is 30.9 Å². The zero-order chi connectivity index (χ0) is 13.7. The largest absolute Gasteiger partial charge is 0.368 e. The molecule has 0 aromatic heterocycles. The lowest BCUT2D eigenvalue weighted by molar-refractivity contribution is -0.119. The van der Waals surface area contributed by atoms with Gasteiger partial charge < -0.3 is 10.6 Å². The fraction of sp³-hybridized carbons (Fsp3) is 0.818. The maximum atomic E-state index is 11.7. The molecule has 0 spiro atoms. The summed E-state index contributed by atoms with van der Waals surface area (Å²) in [6, 6.07) is 0.403. The second-order valence-electron chi connectivity index (χ2n) is 4.95. The maximum Gasteiger partial charge on any atom is 0.263 e. The van der Waals surface area contributed by atoms with Gasteiger partial charge in [-0.1, -0.05) is 0 Å². The van der Waals surface area contributed by atoms with Gasteiger partial charge in [0.15, 0.2) is 0 Å². The molecule has 0 aromatic rings. The number of guanidine groups is 1. The van der Waals surface area contributed by atoms with Crippen molar-refractivity contribution in [1.29, 1.82) is 0 Å². The van der Waals surface area contributed by atoms with Gasteiger partial charge in [0.2, 0.25) is 5.96 Å². The fourth-order valence-corrected chi connectivity index (χ4v) is 2.08. The Morgan fingerprint density at radius 3 is 2.72 bits per heavy atom. The maximum absolute atomic E-state index is 11.7. The van der Waals surface area contributed by atoms with Gasteiger partial charge in [-0.15, -0.1) is 0 Å². The molecule has 1 saturated heterocycles. The minimum absolute atomic E-state index is 0.0363. The molecule has 7 nitrogen and oxygen atoms in total. The summed E-state index contributed by atoms with van der Waals surface area (Å²) in [5.41, 5.74) is 5.50. The van der Waals surface area contributed by atoms with Crippen LogP contribution in [0.3, 0.4) is 0 Å². The predicted octanol–water partition coefficient (Wildman–Crippen LogP) is -1.34. The van der Waals surface area contributed by atoms with E-state index in [0.29, 0.717) is 6.04 Å². The minimum atomic E-state index is -0.263. The van der Waals surface area contributed by atoms with Gasteiger partial charge in [0.05, 0.1) is 6.54 Å². The zero-order valence-electron chi connectivity index (χ0n) is 11.5. The molecule has 7 heteroatoms. The summed E-state index contributed by atoms with van der Waals surface area (Å²) in [6.45, 7) is 2.38. The lowest BCUT2D eigenvalue weighted by Crippen LogP contribution is -2.46. The molecule has 0 bridgehead atoms. The Morgan fingerprint density at radius 2 is 2.17 bits per heavy atom. The van der Waals surface area contributed by atoms with Crippen LogP contribution in [0.4, 0.5) is 0 Å². The third-order valence-corrected chi connectivity index (χ3v) is 3.21. The first-order valence-electron chi connectivity index (χ1n) is 6.14. The van der Waals surface area contributed by atoms with Crippen LogP contribution in [0, 0.1) is 0 Å². The van der Waals surface area contributed by atoms with E-state index >= 15 is 0 Å². The number of hydrogen-bond acceptors (Lipinski definition) is 4. The van der Waals surface area contributed by atoms with Crippen LogP contribution in [0.15, 0.2) is 4.99 Å². The van der Waals surface area contributed by atoms with E-state index in [2.05, 4.69) is 16.9 Å². The smallest absolute Gasteiger partial charge is 0.263 e. The molecule has 0 radical (unpaired) electrons. The topological polar surface area (TPSA) is 91.2 Å². The van der Waals surface area contributed by atoms with Gasteiger partial charge in [-0.05, 0) is 33.5 Å². The van der Waals surface area contributed by atoms with Gasteiger partial charge in [-0.3, -0.25) is 14.7 Å². The van der Waals surface area contributed by atoms with Gasteiger partial charge in [-0.2, -0.15) is 4.99 Å². The molecule has 1 fully saturated rings. The number of carbonyl (C=O) groups excluding carboxylic acids is 1. The Balaban J connectivity index is 2.46. The van der Waals surface area contributed by atoms with Gasteiger partial charge in [0, 0.05) is 19.6 Å². The highest BCUT2D eigenvalue weighted by Crippen LogP contribution is 2.13. The molecule has 1 rings (SSSR count). The highest BCUT2D eigenvalue weighted by molar-refractivity contribution is 5.92. The molecule has 104 valence electrons. The number of aliphatic imine (C=N–C) groups is 1. The first-order valence-corrected chi connectivity index (χ1v) is 6.14. The summed E-state index contributed by atoms with van der Waals surface area (Å²) in [5, 5.41) is 1.13. The van der Waals surface area contributed by atoms with Crippen molar-refractivity contribution in [2.75, 3.05) is 40.8 Å².